The van der Waals surface area contributed by atoms with Crippen LogP contribution in [-0.2, 0) is 9.59 Å². The van der Waals surface area contributed by atoms with Crippen LogP contribution < -0.4 is 10.6 Å². The zero-order chi connectivity index (χ0) is 15.1. The number of hydrogen-bond acceptors (Lipinski definition) is 2. The number of allylic oxidation sites excluding steroid dienone is 2. The summed E-state index contributed by atoms with van der Waals surface area (Å²) in [6, 6.07) is -0.535. The van der Waals surface area contributed by atoms with Crippen molar-refractivity contribution in [1.82, 2.24) is 10.6 Å². The lowest BCUT2D eigenvalue weighted by Crippen LogP contribution is -2.48. The molecule has 0 aromatic rings. The van der Waals surface area contributed by atoms with Gasteiger partial charge in [-0.25, -0.2) is 0 Å². The van der Waals surface area contributed by atoms with Gasteiger partial charge < -0.3 is 10.6 Å². The monoisotopic (exact) mass is 277 g/mol. The molecule has 2 N–H and O–H groups in total. The van der Waals surface area contributed by atoms with Crippen LogP contribution in [0.5, 0.6) is 0 Å². The van der Waals surface area contributed by atoms with E-state index in [0.717, 1.165) is 12.8 Å². The molecule has 1 radical (unpaired) electrons. The molecule has 4 heteroatoms. The van der Waals surface area contributed by atoms with Gasteiger partial charge in [0.05, 0.1) is 6.04 Å². The summed E-state index contributed by atoms with van der Waals surface area (Å²) in [7, 11) is 0. The maximum atomic E-state index is 12.0. The molecule has 4 nitrogen and oxygen atoms in total. The summed E-state index contributed by atoms with van der Waals surface area (Å²) in [6.07, 6.45) is 9.00. The van der Waals surface area contributed by atoms with Crippen LogP contribution >= 0.6 is 0 Å². The van der Waals surface area contributed by atoms with E-state index in [2.05, 4.69) is 23.6 Å². The maximum absolute atomic E-state index is 12.0. The summed E-state index contributed by atoms with van der Waals surface area (Å²) in [5, 5.41) is 5.65. The molecule has 1 aliphatic rings. The van der Waals surface area contributed by atoms with Crippen LogP contribution in [0.25, 0.3) is 0 Å². The van der Waals surface area contributed by atoms with Gasteiger partial charge in [0.25, 0.3) is 0 Å². The molecule has 111 valence electrons. The van der Waals surface area contributed by atoms with Crippen molar-refractivity contribution in [3.05, 3.63) is 23.8 Å². The molecule has 0 aliphatic heterocycles. The summed E-state index contributed by atoms with van der Waals surface area (Å²) < 4.78 is 0. The number of hydrogen-bond donors (Lipinski definition) is 2. The van der Waals surface area contributed by atoms with Crippen molar-refractivity contribution in [3.63, 3.8) is 0 Å². The van der Waals surface area contributed by atoms with Gasteiger partial charge in [-0.1, -0.05) is 38.0 Å². The third-order valence-corrected chi connectivity index (χ3v) is 3.50. The fourth-order valence-corrected chi connectivity index (χ4v) is 2.00. The molecule has 0 saturated carbocycles. The number of nitrogens with one attached hydrogen (secondary N) is 2. The van der Waals surface area contributed by atoms with Crippen molar-refractivity contribution in [2.75, 3.05) is 0 Å². The summed E-state index contributed by atoms with van der Waals surface area (Å²) in [5.41, 5.74) is 1.19. The van der Waals surface area contributed by atoms with E-state index in [1.165, 1.54) is 5.57 Å². The summed E-state index contributed by atoms with van der Waals surface area (Å²) in [4.78, 5) is 23.8. The van der Waals surface area contributed by atoms with Crippen molar-refractivity contribution < 1.29 is 9.59 Å². The first-order valence-electron chi connectivity index (χ1n) is 7.27. The van der Waals surface area contributed by atoms with Crippen molar-refractivity contribution in [2.24, 2.45) is 5.92 Å². The smallest absolute Gasteiger partial charge is 0.242 e. The summed E-state index contributed by atoms with van der Waals surface area (Å²) >= 11 is 0. The molecule has 0 aromatic heterocycles. The summed E-state index contributed by atoms with van der Waals surface area (Å²) in [6.45, 7) is 7.80. The molecule has 20 heavy (non-hydrogen) atoms. The van der Waals surface area contributed by atoms with Crippen LogP contribution in [0.4, 0.5) is 0 Å². The Hall–Kier alpha value is -1.58. The number of rotatable bonds is 6. The van der Waals surface area contributed by atoms with Gasteiger partial charge in [0, 0.05) is 6.42 Å². The Morgan fingerprint density at radius 1 is 1.45 bits per heavy atom. The molecular formula is C16H25N2O2. The topological polar surface area (TPSA) is 58.2 Å². The predicted octanol–water partition coefficient (Wildman–Crippen LogP) is 2.12. The largest absolute Gasteiger partial charge is 0.348 e. The highest BCUT2D eigenvalue weighted by molar-refractivity contribution is 5.87. The summed E-state index contributed by atoms with van der Waals surface area (Å²) in [5.74, 6) is 0.123. The molecule has 1 unspecified atom stereocenters. The second kappa shape index (κ2) is 7.88. The average molecular weight is 277 g/mol. The predicted molar refractivity (Wildman–Crippen MR) is 79.8 cm³/mol. The number of carbonyl (C=O) groups is 2. The molecule has 1 rings (SSSR count). The van der Waals surface area contributed by atoms with Crippen LogP contribution in [0.15, 0.2) is 17.7 Å². The quantitative estimate of drug-likeness (QED) is 0.781. The van der Waals surface area contributed by atoms with Gasteiger partial charge in [-0.15, -0.1) is 0 Å². The lowest BCUT2D eigenvalue weighted by molar-refractivity contribution is -0.129. The fraction of sp³-hybridized carbons (Fsp3) is 0.625. The van der Waals surface area contributed by atoms with Crippen LogP contribution in [0.2, 0.25) is 0 Å². The normalized spacial score (nSPS) is 20.8. The average Bonchev–Trinajstić information content (AvgIpc) is 2.38. The Balaban J connectivity index is 2.38. The van der Waals surface area contributed by atoms with Gasteiger partial charge in [-0.2, -0.15) is 0 Å². The molecule has 0 spiro atoms. The zero-order valence-electron chi connectivity index (χ0n) is 12.8. The van der Waals surface area contributed by atoms with Crippen LogP contribution in [0.3, 0.4) is 0 Å². The van der Waals surface area contributed by atoms with Crippen molar-refractivity contribution in [1.29, 1.82) is 0 Å². The highest BCUT2D eigenvalue weighted by atomic mass is 16.2. The third-order valence-electron chi connectivity index (χ3n) is 3.50. The molecule has 0 bridgehead atoms. The minimum absolute atomic E-state index is 0.0265. The van der Waals surface area contributed by atoms with Gasteiger partial charge in [-0.05, 0) is 32.3 Å². The Morgan fingerprint density at radius 2 is 2.15 bits per heavy atom. The molecule has 0 aromatic carbocycles. The lowest BCUT2D eigenvalue weighted by atomic mass is 10.0. The second-order valence-corrected chi connectivity index (χ2v) is 5.65. The van der Waals surface area contributed by atoms with Crippen molar-refractivity contribution >= 4 is 11.8 Å². The maximum Gasteiger partial charge on any atom is 0.242 e. The van der Waals surface area contributed by atoms with Gasteiger partial charge in [0.15, 0.2) is 0 Å². The van der Waals surface area contributed by atoms with E-state index in [0.29, 0.717) is 12.3 Å². The van der Waals surface area contributed by atoms with Crippen molar-refractivity contribution in [2.45, 2.75) is 59.0 Å². The van der Waals surface area contributed by atoms with Crippen LogP contribution in [0, 0.1) is 12.0 Å². The Kier molecular flexibility index (Phi) is 6.49. The number of carbonyl (C=O) groups excluding carboxylic acids is 2. The third kappa shape index (κ3) is 5.59. The minimum Gasteiger partial charge on any atom is -0.348 e. The molecule has 0 saturated heterocycles. The molecule has 1 aliphatic carbocycles. The van der Waals surface area contributed by atoms with Gasteiger partial charge in [0.2, 0.25) is 11.8 Å². The zero-order valence-corrected chi connectivity index (χ0v) is 12.8. The van der Waals surface area contributed by atoms with Crippen LogP contribution in [0.1, 0.15) is 47.0 Å². The first kappa shape index (κ1) is 16.5. The van der Waals surface area contributed by atoms with E-state index in [1.807, 2.05) is 26.0 Å². The van der Waals surface area contributed by atoms with Gasteiger partial charge in [-0.3, -0.25) is 9.59 Å². The highest BCUT2D eigenvalue weighted by Gasteiger charge is 2.19. The van der Waals surface area contributed by atoms with Gasteiger partial charge in [0.1, 0.15) is 6.04 Å². The van der Waals surface area contributed by atoms with Crippen molar-refractivity contribution in [3.8, 4) is 0 Å². The Bertz CT molecular complexity index is 413. The van der Waals surface area contributed by atoms with E-state index in [9.17, 15) is 9.59 Å². The standard InChI is InChI=1S/C16H25N2O2/c1-5-11(2)10-15(19)17-13(4)16(20)18-14-8-6-7-12(3)9-14/h7-8,11,13-14H,5,9-10H2,1-4H3,(H,17,19)(H,18,20)/t11?,13-,14+/m0/s1. The molecule has 2 amide bonds. The Labute approximate surface area is 121 Å². The first-order chi connectivity index (χ1) is 9.42. The van der Waals surface area contributed by atoms with Gasteiger partial charge >= 0.3 is 0 Å². The molecule has 3 atom stereocenters. The SMILES string of the molecule is CCC(C)CC(=O)N[C@@H](C)C(=O)N[C@@H]1C=[C]C=C(C)C1. The van der Waals surface area contributed by atoms with Crippen LogP contribution in [-0.4, -0.2) is 23.9 Å². The van der Waals surface area contributed by atoms with E-state index in [-0.39, 0.29) is 17.9 Å². The van der Waals surface area contributed by atoms with E-state index >= 15 is 0 Å². The molecule has 0 heterocycles. The highest BCUT2D eigenvalue weighted by Crippen LogP contribution is 2.11. The van der Waals surface area contributed by atoms with E-state index < -0.39 is 6.04 Å². The van der Waals surface area contributed by atoms with E-state index in [1.54, 1.807) is 6.92 Å². The Morgan fingerprint density at radius 3 is 2.75 bits per heavy atom. The minimum atomic E-state index is -0.508. The lowest BCUT2D eigenvalue weighted by Gasteiger charge is -2.21. The fourth-order valence-electron chi connectivity index (χ4n) is 2.00. The van der Waals surface area contributed by atoms with E-state index in [4.69, 9.17) is 0 Å². The molecule has 0 fully saturated rings. The molecular weight excluding hydrogens is 252 g/mol. The second-order valence-electron chi connectivity index (χ2n) is 5.65. The number of amides is 2. The first-order valence-corrected chi connectivity index (χ1v) is 7.27.